The summed E-state index contributed by atoms with van der Waals surface area (Å²) in [7, 11) is -2.70. The highest BCUT2D eigenvalue weighted by Crippen LogP contribution is 2.54. The van der Waals surface area contributed by atoms with Crippen LogP contribution in [0.2, 0.25) is 5.02 Å². The molecule has 0 bridgehead atoms. The number of carbonyl (C=O) groups is 1. The predicted octanol–water partition coefficient (Wildman–Crippen LogP) is 3.68. The van der Waals surface area contributed by atoms with Crippen molar-refractivity contribution in [2.75, 3.05) is 20.3 Å². The van der Waals surface area contributed by atoms with E-state index in [-0.39, 0.29) is 22.4 Å². The van der Waals surface area contributed by atoms with Crippen molar-refractivity contribution in [2.24, 2.45) is 5.41 Å². The second-order valence-electron chi connectivity index (χ2n) is 8.10. The van der Waals surface area contributed by atoms with E-state index in [1.54, 1.807) is 0 Å². The van der Waals surface area contributed by atoms with Crippen LogP contribution in [0.1, 0.15) is 51.9 Å². The Balaban J connectivity index is 1.79. The molecule has 3 aliphatic rings. The van der Waals surface area contributed by atoms with E-state index in [0.717, 1.165) is 12.8 Å². The molecular weight excluding hydrogens is 398 g/mol. The average Bonchev–Trinajstić information content (AvgIpc) is 3.49. The highest BCUT2D eigenvalue weighted by molar-refractivity contribution is 6.32. The van der Waals surface area contributed by atoms with Crippen LogP contribution < -0.4 is 15.0 Å². The number of hydrogen-bond acceptors (Lipinski definition) is 5. The number of hydrogen-bond donors (Lipinski definition) is 1. The lowest BCUT2D eigenvalue weighted by molar-refractivity contribution is -0.156. The van der Waals surface area contributed by atoms with E-state index in [2.05, 4.69) is 0 Å². The fraction of sp³-hybridized carbons (Fsp3) is 0.429. The maximum absolute atomic E-state index is 13.1. The Morgan fingerprint density at radius 2 is 2.14 bits per heavy atom. The van der Waals surface area contributed by atoms with Crippen LogP contribution in [-0.4, -0.2) is 35.9 Å². The lowest BCUT2D eigenvalue weighted by Gasteiger charge is -2.46. The van der Waals surface area contributed by atoms with Crippen LogP contribution in [0.3, 0.4) is 0 Å². The van der Waals surface area contributed by atoms with Crippen LogP contribution in [0.15, 0.2) is 23.0 Å². The third-order valence-corrected chi connectivity index (χ3v) is 6.12. The third-order valence-electron chi connectivity index (χ3n) is 5.83. The zero-order valence-corrected chi connectivity index (χ0v) is 16.3. The van der Waals surface area contributed by atoms with E-state index in [0.29, 0.717) is 35.8 Å². The van der Waals surface area contributed by atoms with Crippen molar-refractivity contribution in [3.63, 3.8) is 0 Å². The van der Waals surface area contributed by atoms with Crippen molar-refractivity contribution in [3.05, 3.63) is 44.7 Å². The van der Waals surface area contributed by atoms with Crippen LogP contribution in [0.25, 0.3) is 11.3 Å². The number of carboxylic acids is 1. The Kier molecular flexibility index (Phi) is 3.30. The van der Waals surface area contributed by atoms with Gasteiger partial charge in [0.2, 0.25) is 0 Å². The van der Waals surface area contributed by atoms with E-state index in [9.17, 15) is 14.7 Å². The molecule has 2 aliphatic heterocycles. The summed E-state index contributed by atoms with van der Waals surface area (Å²) in [6, 6.07) is 4.18. The number of methoxy groups -OCH3 is 1. The van der Waals surface area contributed by atoms with Crippen LogP contribution in [-0.2, 0) is 4.74 Å². The van der Waals surface area contributed by atoms with E-state index in [1.165, 1.54) is 22.8 Å². The fourth-order valence-electron chi connectivity index (χ4n) is 4.15. The van der Waals surface area contributed by atoms with Crippen LogP contribution in [0.5, 0.6) is 11.5 Å². The van der Waals surface area contributed by atoms with Gasteiger partial charge in [-0.15, -0.1) is 0 Å². The first-order chi connectivity index (χ1) is 15.0. The molecule has 1 aliphatic carbocycles. The van der Waals surface area contributed by atoms with Crippen molar-refractivity contribution < 1.29 is 28.2 Å². The molecule has 2 fully saturated rings. The summed E-state index contributed by atoms with van der Waals surface area (Å²) >= 11 is 6.34. The molecule has 1 aromatic heterocycles. The number of rotatable bonds is 4. The van der Waals surface area contributed by atoms with E-state index in [4.69, 9.17) is 29.9 Å². The second kappa shape index (κ2) is 6.24. The minimum absolute atomic E-state index is 0.0446. The van der Waals surface area contributed by atoms with Gasteiger partial charge in [-0.1, -0.05) is 18.5 Å². The van der Waals surface area contributed by atoms with Crippen LogP contribution in [0.4, 0.5) is 0 Å². The monoisotopic (exact) mass is 420 g/mol. The lowest BCUT2D eigenvalue weighted by atomic mass is 9.76. The molecule has 5 rings (SSSR count). The van der Waals surface area contributed by atoms with Gasteiger partial charge in [0, 0.05) is 23.2 Å². The van der Waals surface area contributed by atoms with E-state index >= 15 is 0 Å². The standard InChI is InChI=1S/C21H20ClNO6/c1-21(8-28-9-21)18-12-5-13(20(25)26)19(24)23(10-3-4-10)17(12)11-6-14(22)16(27-2)7-15(11)29-18/h5-7,10,18H,3-4,8-9H2,1-2H3,(H,25,26)/i2D3. The first-order valence-electron chi connectivity index (χ1n) is 10.8. The number of benzene rings is 1. The summed E-state index contributed by atoms with van der Waals surface area (Å²) in [5.74, 6) is -1.05. The average molecular weight is 421 g/mol. The fourth-order valence-corrected chi connectivity index (χ4v) is 4.36. The van der Waals surface area contributed by atoms with Crippen molar-refractivity contribution in [1.82, 2.24) is 4.57 Å². The van der Waals surface area contributed by atoms with Gasteiger partial charge in [-0.2, -0.15) is 0 Å². The van der Waals surface area contributed by atoms with Gasteiger partial charge in [0.25, 0.3) is 5.56 Å². The quantitative estimate of drug-likeness (QED) is 0.811. The summed E-state index contributed by atoms with van der Waals surface area (Å²) in [6.45, 7) is 2.74. The number of fused-ring (bicyclic) bond motifs is 3. The largest absolute Gasteiger partial charge is 0.495 e. The SMILES string of the molecule is [2H]C([2H])([2H])Oc1cc2c(cc1Cl)-c1c(cc(C(=O)O)c(=O)n1C1CC1)C(C1(C)COC1)O2. The molecule has 1 aromatic carbocycles. The number of nitrogens with zero attached hydrogens (tertiary/aromatic N) is 1. The summed E-state index contributed by atoms with van der Waals surface area (Å²) < 4.78 is 40.4. The van der Waals surface area contributed by atoms with Gasteiger partial charge in [-0.05, 0) is 25.0 Å². The van der Waals surface area contributed by atoms with Gasteiger partial charge in [-0.25, -0.2) is 4.79 Å². The molecule has 0 spiro atoms. The molecule has 1 saturated heterocycles. The maximum atomic E-state index is 13.1. The second-order valence-corrected chi connectivity index (χ2v) is 8.51. The third kappa shape index (κ3) is 2.68. The Hall–Kier alpha value is -2.51. The molecule has 1 unspecified atom stereocenters. The molecule has 152 valence electrons. The summed E-state index contributed by atoms with van der Waals surface area (Å²) in [6.07, 6.45) is 0.902. The molecule has 0 radical (unpaired) electrons. The Morgan fingerprint density at radius 3 is 2.72 bits per heavy atom. The molecule has 7 nitrogen and oxygen atoms in total. The zero-order chi connectivity index (χ0) is 23.0. The molecular formula is C21H20ClNO6. The Labute approximate surface area is 176 Å². The molecule has 1 saturated carbocycles. The van der Waals surface area contributed by atoms with Crippen molar-refractivity contribution >= 4 is 17.6 Å². The van der Waals surface area contributed by atoms with Crippen molar-refractivity contribution in [3.8, 4) is 22.8 Å². The van der Waals surface area contributed by atoms with Gasteiger partial charge < -0.3 is 23.9 Å². The van der Waals surface area contributed by atoms with E-state index in [1.807, 2.05) is 6.92 Å². The summed E-state index contributed by atoms with van der Waals surface area (Å²) in [5.41, 5.74) is 0.253. The molecule has 1 N–H and O–H groups in total. The molecule has 1 atom stereocenters. The van der Waals surface area contributed by atoms with E-state index < -0.39 is 30.1 Å². The van der Waals surface area contributed by atoms with Crippen LogP contribution in [0, 0.1) is 5.41 Å². The first-order valence-corrected chi connectivity index (χ1v) is 9.66. The van der Waals surface area contributed by atoms with Gasteiger partial charge in [0.05, 0.1) is 40.5 Å². The lowest BCUT2D eigenvalue weighted by Crippen LogP contribution is -2.48. The Morgan fingerprint density at radius 1 is 1.38 bits per heavy atom. The number of ether oxygens (including phenoxy) is 3. The number of aromatic nitrogens is 1. The molecule has 3 heterocycles. The molecule has 2 aromatic rings. The topological polar surface area (TPSA) is 87.0 Å². The number of carboxylic acid groups (broad SMARTS) is 1. The summed E-state index contributed by atoms with van der Waals surface area (Å²) in [4.78, 5) is 25.0. The number of aromatic carboxylic acids is 1. The smallest absolute Gasteiger partial charge is 0.341 e. The normalized spacial score (nSPS) is 23.4. The number of pyridine rings is 1. The van der Waals surface area contributed by atoms with Crippen molar-refractivity contribution in [2.45, 2.75) is 31.9 Å². The molecule has 29 heavy (non-hydrogen) atoms. The highest BCUT2D eigenvalue weighted by atomic mass is 35.5. The highest BCUT2D eigenvalue weighted by Gasteiger charge is 2.48. The molecule has 8 heteroatoms. The van der Waals surface area contributed by atoms with Gasteiger partial charge in [0.1, 0.15) is 23.2 Å². The van der Waals surface area contributed by atoms with Crippen LogP contribution >= 0.6 is 11.6 Å². The Bertz CT molecular complexity index is 1200. The van der Waals surface area contributed by atoms with Gasteiger partial charge >= 0.3 is 5.97 Å². The minimum atomic E-state index is -2.70. The maximum Gasteiger partial charge on any atom is 0.341 e. The van der Waals surface area contributed by atoms with Crippen molar-refractivity contribution in [1.29, 1.82) is 0 Å². The van der Waals surface area contributed by atoms with Gasteiger partial charge in [0.15, 0.2) is 0 Å². The number of halogens is 1. The molecule has 0 amide bonds. The zero-order valence-electron chi connectivity index (χ0n) is 18.5. The predicted molar refractivity (Wildman–Crippen MR) is 105 cm³/mol. The first kappa shape index (κ1) is 15.3. The van der Waals surface area contributed by atoms with Gasteiger partial charge in [-0.3, -0.25) is 4.79 Å². The summed E-state index contributed by atoms with van der Waals surface area (Å²) in [5, 5.41) is 9.71. The minimum Gasteiger partial charge on any atom is -0.495 e.